The monoisotopic (exact) mass is 341 g/mol. The third kappa shape index (κ3) is 2.84. The molecular formula is C16H19N7S. The maximum Gasteiger partial charge on any atom is 0.250 e. The van der Waals surface area contributed by atoms with Gasteiger partial charge in [-0.05, 0) is 36.4 Å². The van der Waals surface area contributed by atoms with E-state index in [9.17, 15) is 0 Å². The van der Waals surface area contributed by atoms with Crippen molar-refractivity contribution in [2.45, 2.75) is 13.8 Å². The molecule has 1 saturated heterocycles. The summed E-state index contributed by atoms with van der Waals surface area (Å²) in [6.45, 7) is 7.72. The maximum atomic E-state index is 4.58. The first-order valence-electron chi connectivity index (χ1n) is 7.98. The highest BCUT2D eigenvalue weighted by Gasteiger charge is 2.23. The van der Waals surface area contributed by atoms with E-state index in [1.165, 1.54) is 5.56 Å². The number of tetrazole rings is 1. The number of benzene rings is 1. The van der Waals surface area contributed by atoms with E-state index < -0.39 is 0 Å². The number of rotatable bonds is 3. The Hall–Kier alpha value is -2.48. The standard InChI is InChI=1S/C16H19N7S/c1-12-3-5-14(6-4-12)23-15(18-19-20-23)21-7-9-22(10-8-21)16-17-13(2)11-24-16/h3-6,11H,7-10H2,1-2H3. The lowest BCUT2D eigenvalue weighted by Crippen LogP contribution is -2.47. The first kappa shape index (κ1) is 15.1. The van der Waals surface area contributed by atoms with E-state index in [1.54, 1.807) is 11.3 Å². The largest absolute Gasteiger partial charge is 0.345 e. The molecule has 0 N–H and O–H groups in total. The molecule has 0 unspecified atom stereocenters. The van der Waals surface area contributed by atoms with Gasteiger partial charge in [0.25, 0.3) is 0 Å². The highest BCUT2D eigenvalue weighted by atomic mass is 32.1. The lowest BCUT2D eigenvalue weighted by atomic mass is 10.2. The van der Waals surface area contributed by atoms with Crippen LogP contribution in [0.4, 0.5) is 11.1 Å². The van der Waals surface area contributed by atoms with Crippen LogP contribution < -0.4 is 9.80 Å². The molecule has 1 aliphatic rings. The van der Waals surface area contributed by atoms with E-state index in [0.29, 0.717) is 0 Å². The normalized spacial score (nSPS) is 15.1. The minimum atomic E-state index is 0.800. The molecule has 3 heterocycles. The quantitative estimate of drug-likeness (QED) is 0.727. The molecule has 3 aromatic rings. The molecule has 1 fully saturated rings. The van der Waals surface area contributed by atoms with Gasteiger partial charge in [-0.3, -0.25) is 0 Å². The van der Waals surface area contributed by atoms with Crippen molar-refractivity contribution in [3.8, 4) is 5.69 Å². The summed E-state index contributed by atoms with van der Waals surface area (Å²) in [6.07, 6.45) is 0. The lowest BCUT2D eigenvalue weighted by molar-refractivity contribution is 0.630. The zero-order valence-corrected chi connectivity index (χ0v) is 14.6. The predicted octanol–water partition coefficient (Wildman–Crippen LogP) is 2.06. The molecular weight excluding hydrogens is 322 g/mol. The van der Waals surface area contributed by atoms with Crippen LogP contribution >= 0.6 is 11.3 Å². The van der Waals surface area contributed by atoms with E-state index >= 15 is 0 Å². The van der Waals surface area contributed by atoms with Gasteiger partial charge in [0.2, 0.25) is 5.95 Å². The van der Waals surface area contributed by atoms with E-state index in [2.05, 4.69) is 54.7 Å². The fourth-order valence-electron chi connectivity index (χ4n) is 2.82. The summed E-state index contributed by atoms with van der Waals surface area (Å²) in [5.74, 6) is 0.800. The minimum Gasteiger partial charge on any atom is -0.345 e. The van der Waals surface area contributed by atoms with Gasteiger partial charge in [0.15, 0.2) is 5.13 Å². The van der Waals surface area contributed by atoms with Gasteiger partial charge in [0.1, 0.15) is 0 Å². The summed E-state index contributed by atoms with van der Waals surface area (Å²) >= 11 is 1.71. The van der Waals surface area contributed by atoms with Crippen LogP contribution in [0.5, 0.6) is 0 Å². The SMILES string of the molecule is Cc1ccc(-n2nnnc2N2CCN(c3nc(C)cs3)CC2)cc1. The van der Waals surface area contributed by atoms with Gasteiger partial charge < -0.3 is 9.80 Å². The first-order valence-corrected chi connectivity index (χ1v) is 8.86. The van der Waals surface area contributed by atoms with Crippen molar-refractivity contribution in [1.82, 2.24) is 25.2 Å². The highest BCUT2D eigenvalue weighted by molar-refractivity contribution is 7.13. The third-order valence-corrected chi connectivity index (χ3v) is 5.19. The Labute approximate surface area is 144 Å². The topological polar surface area (TPSA) is 63.0 Å². The summed E-state index contributed by atoms with van der Waals surface area (Å²) in [6, 6.07) is 8.24. The number of thiazole rings is 1. The van der Waals surface area contributed by atoms with E-state index in [0.717, 1.165) is 48.6 Å². The first-order chi connectivity index (χ1) is 11.7. The molecule has 8 heteroatoms. The Bertz CT molecular complexity index is 815. The fourth-order valence-corrected chi connectivity index (χ4v) is 3.67. The maximum absolute atomic E-state index is 4.58. The second kappa shape index (κ2) is 6.20. The zero-order valence-electron chi connectivity index (χ0n) is 13.8. The van der Waals surface area contributed by atoms with Crippen molar-refractivity contribution in [2.24, 2.45) is 0 Å². The van der Waals surface area contributed by atoms with Crippen LogP contribution in [0.3, 0.4) is 0 Å². The lowest BCUT2D eigenvalue weighted by Gasteiger charge is -2.34. The van der Waals surface area contributed by atoms with Crippen LogP contribution in [0.25, 0.3) is 5.69 Å². The molecule has 4 rings (SSSR count). The van der Waals surface area contributed by atoms with Crippen LogP contribution in [-0.2, 0) is 0 Å². The number of aryl methyl sites for hydroxylation is 2. The van der Waals surface area contributed by atoms with Crippen molar-refractivity contribution in [2.75, 3.05) is 36.0 Å². The van der Waals surface area contributed by atoms with Crippen LogP contribution in [0.15, 0.2) is 29.6 Å². The molecule has 0 amide bonds. The Morgan fingerprint density at radius 3 is 2.33 bits per heavy atom. The summed E-state index contributed by atoms with van der Waals surface area (Å²) in [5, 5.41) is 15.5. The molecule has 0 bridgehead atoms. The van der Waals surface area contributed by atoms with Crippen LogP contribution in [0.1, 0.15) is 11.3 Å². The Kier molecular flexibility index (Phi) is 3.89. The number of hydrogen-bond donors (Lipinski definition) is 0. The van der Waals surface area contributed by atoms with Crippen LogP contribution in [-0.4, -0.2) is 51.4 Å². The second-order valence-corrected chi connectivity index (χ2v) is 6.81. The number of piperazine rings is 1. The molecule has 7 nitrogen and oxygen atoms in total. The number of aromatic nitrogens is 5. The van der Waals surface area contributed by atoms with Crippen LogP contribution in [0, 0.1) is 13.8 Å². The van der Waals surface area contributed by atoms with Crippen molar-refractivity contribution in [3.63, 3.8) is 0 Å². The van der Waals surface area contributed by atoms with Crippen molar-refractivity contribution in [1.29, 1.82) is 0 Å². The summed E-state index contributed by atoms with van der Waals surface area (Å²) in [5.41, 5.74) is 3.29. The Morgan fingerprint density at radius 2 is 1.67 bits per heavy atom. The van der Waals surface area contributed by atoms with Gasteiger partial charge in [-0.15, -0.1) is 11.3 Å². The van der Waals surface area contributed by atoms with Gasteiger partial charge in [0, 0.05) is 31.6 Å². The van der Waals surface area contributed by atoms with E-state index in [4.69, 9.17) is 0 Å². The van der Waals surface area contributed by atoms with Crippen molar-refractivity contribution in [3.05, 3.63) is 40.9 Å². The van der Waals surface area contributed by atoms with Gasteiger partial charge in [0.05, 0.1) is 11.4 Å². The summed E-state index contributed by atoms with van der Waals surface area (Å²) in [7, 11) is 0. The molecule has 0 atom stereocenters. The molecule has 0 radical (unpaired) electrons. The summed E-state index contributed by atoms with van der Waals surface area (Å²) in [4.78, 5) is 9.14. The smallest absolute Gasteiger partial charge is 0.250 e. The average molecular weight is 341 g/mol. The number of hydrogen-bond acceptors (Lipinski definition) is 7. The highest BCUT2D eigenvalue weighted by Crippen LogP contribution is 2.23. The van der Waals surface area contributed by atoms with Gasteiger partial charge in [-0.1, -0.05) is 22.8 Å². The van der Waals surface area contributed by atoms with Crippen LogP contribution in [0.2, 0.25) is 0 Å². The number of nitrogens with zero attached hydrogens (tertiary/aromatic N) is 7. The third-order valence-electron chi connectivity index (χ3n) is 4.17. The fraction of sp³-hybridized carbons (Fsp3) is 0.375. The molecule has 1 aromatic carbocycles. The Morgan fingerprint density at radius 1 is 0.958 bits per heavy atom. The molecule has 24 heavy (non-hydrogen) atoms. The molecule has 0 aliphatic carbocycles. The Balaban J connectivity index is 1.50. The van der Waals surface area contributed by atoms with E-state index in [1.807, 2.05) is 23.7 Å². The van der Waals surface area contributed by atoms with Crippen molar-refractivity contribution >= 4 is 22.4 Å². The minimum absolute atomic E-state index is 0.800. The molecule has 2 aromatic heterocycles. The summed E-state index contributed by atoms with van der Waals surface area (Å²) < 4.78 is 1.81. The predicted molar refractivity (Wildman–Crippen MR) is 95.2 cm³/mol. The number of anilines is 2. The average Bonchev–Trinajstić information content (AvgIpc) is 3.25. The van der Waals surface area contributed by atoms with Crippen molar-refractivity contribution < 1.29 is 0 Å². The molecule has 0 spiro atoms. The van der Waals surface area contributed by atoms with E-state index in [-0.39, 0.29) is 0 Å². The molecule has 1 aliphatic heterocycles. The zero-order chi connectivity index (χ0) is 16.5. The second-order valence-electron chi connectivity index (χ2n) is 5.97. The van der Waals surface area contributed by atoms with Gasteiger partial charge in [-0.2, -0.15) is 4.68 Å². The van der Waals surface area contributed by atoms with Gasteiger partial charge >= 0.3 is 0 Å². The molecule has 0 saturated carbocycles. The van der Waals surface area contributed by atoms with Gasteiger partial charge in [-0.25, -0.2) is 4.98 Å². The molecule has 124 valence electrons.